The molecule has 0 fully saturated rings. The third-order valence-electron chi connectivity index (χ3n) is 1.50. The molecule has 0 aromatic carbocycles. The van der Waals surface area contributed by atoms with Gasteiger partial charge in [-0.25, -0.2) is 9.37 Å². The summed E-state index contributed by atoms with van der Waals surface area (Å²) in [6.45, 7) is 1.90. The first-order valence-corrected chi connectivity index (χ1v) is 4.14. The lowest BCUT2D eigenvalue weighted by atomic mass is 10.3. The molecule has 1 rings (SSSR count). The fourth-order valence-corrected chi connectivity index (χ4v) is 0.857. The van der Waals surface area contributed by atoms with Crippen LogP contribution < -0.4 is 10.5 Å². The van der Waals surface area contributed by atoms with Crippen LogP contribution in [-0.2, 0) is 6.54 Å². The van der Waals surface area contributed by atoms with E-state index in [1.165, 1.54) is 6.92 Å². The lowest BCUT2D eigenvalue weighted by Gasteiger charge is -2.06. The van der Waals surface area contributed by atoms with Crippen molar-refractivity contribution in [2.75, 3.05) is 6.61 Å². The van der Waals surface area contributed by atoms with E-state index in [-0.39, 0.29) is 6.61 Å². The zero-order valence-corrected chi connectivity index (χ0v) is 7.53. The van der Waals surface area contributed by atoms with E-state index < -0.39 is 6.17 Å². The van der Waals surface area contributed by atoms with Crippen LogP contribution in [0.15, 0.2) is 18.3 Å². The highest BCUT2D eigenvalue weighted by atomic mass is 19.1. The first kappa shape index (κ1) is 9.92. The van der Waals surface area contributed by atoms with E-state index in [0.29, 0.717) is 12.4 Å². The lowest BCUT2D eigenvalue weighted by Crippen LogP contribution is -2.09. The van der Waals surface area contributed by atoms with Gasteiger partial charge in [0.15, 0.2) is 0 Å². The number of nitrogens with zero attached hydrogens (tertiary/aromatic N) is 1. The van der Waals surface area contributed by atoms with Crippen molar-refractivity contribution in [3.8, 4) is 5.88 Å². The van der Waals surface area contributed by atoms with Gasteiger partial charge < -0.3 is 10.5 Å². The predicted octanol–water partition coefficient (Wildman–Crippen LogP) is 1.28. The van der Waals surface area contributed by atoms with E-state index in [1.807, 2.05) is 0 Å². The third-order valence-corrected chi connectivity index (χ3v) is 1.50. The Labute approximate surface area is 76.7 Å². The Morgan fingerprint density at radius 1 is 1.69 bits per heavy atom. The maximum absolute atomic E-state index is 12.4. The van der Waals surface area contributed by atoms with Gasteiger partial charge in [0.2, 0.25) is 5.88 Å². The Morgan fingerprint density at radius 3 is 3.08 bits per heavy atom. The van der Waals surface area contributed by atoms with Crippen molar-refractivity contribution < 1.29 is 9.13 Å². The van der Waals surface area contributed by atoms with E-state index >= 15 is 0 Å². The molecule has 13 heavy (non-hydrogen) atoms. The van der Waals surface area contributed by atoms with E-state index in [4.69, 9.17) is 10.5 Å². The van der Waals surface area contributed by atoms with Crippen molar-refractivity contribution in [2.45, 2.75) is 19.6 Å². The predicted molar refractivity (Wildman–Crippen MR) is 48.2 cm³/mol. The summed E-state index contributed by atoms with van der Waals surface area (Å²) in [5.41, 5.74) is 6.34. The average molecular weight is 184 g/mol. The molecule has 4 heteroatoms. The van der Waals surface area contributed by atoms with Crippen LogP contribution in [-0.4, -0.2) is 17.8 Å². The van der Waals surface area contributed by atoms with Crippen molar-refractivity contribution in [3.05, 3.63) is 23.9 Å². The Bertz CT molecular complexity index is 266. The number of hydrogen-bond donors (Lipinski definition) is 1. The molecule has 0 aliphatic carbocycles. The summed E-state index contributed by atoms with van der Waals surface area (Å²) >= 11 is 0. The van der Waals surface area contributed by atoms with Gasteiger partial charge in [-0.2, -0.15) is 0 Å². The number of halogens is 1. The van der Waals surface area contributed by atoms with Crippen LogP contribution in [0.4, 0.5) is 4.39 Å². The highest BCUT2D eigenvalue weighted by Gasteiger charge is 2.01. The SMILES string of the molecule is C[C@@H](F)COc1cc(CN)ccn1. The second kappa shape index (κ2) is 4.77. The molecule has 0 aliphatic heterocycles. The molecule has 0 amide bonds. The molecule has 0 aliphatic rings. The van der Waals surface area contributed by atoms with Crippen molar-refractivity contribution in [3.63, 3.8) is 0 Å². The molecule has 72 valence electrons. The number of hydrogen-bond acceptors (Lipinski definition) is 3. The molecule has 1 aromatic rings. The van der Waals surface area contributed by atoms with Crippen LogP contribution in [0.25, 0.3) is 0 Å². The molecule has 0 bridgehead atoms. The Balaban J connectivity index is 2.56. The van der Waals surface area contributed by atoms with Crippen LogP contribution in [0.1, 0.15) is 12.5 Å². The molecule has 0 saturated heterocycles. The minimum absolute atomic E-state index is 0.0288. The Kier molecular flexibility index (Phi) is 3.64. The quantitative estimate of drug-likeness (QED) is 0.766. The third kappa shape index (κ3) is 3.38. The maximum Gasteiger partial charge on any atom is 0.213 e. The molecule has 0 radical (unpaired) electrons. The van der Waals surface area contributed by atoms with Gasteiger partial charge >= 0.3 is 0 Å². The molecule has 1 atom stereocenters. The van der Waals surface area contributed by atoms with Gasteiger partial charge in [-0.05, 0) is 18.6 Å². The standard InChI is InChI=1S/C9H13FN2O/c1-7(10)6-13-9-4-8(5-11)2-3-12-9/h2-4,7H,5-6,11H2,1H3/t7-/m1/s1. The molecule has 3 nitrogen and oxygen atoms in total. The van der Waals surface area contributed by atoms with Crippen LogP contribution in [0.5, 0.6) is 5.88 Å². The number of pyridine rings is 1. The van der Waals surface area contributed by atoms with Crippen LogP contribution in [0.3, 0.4) is 0 Å². The number of rotatable bonds is 4. The minimum Gasteiger partial charge on any atom is -0.475 e. The fraction of sp³-hybridized carbons (Fsp3) is 0.444. The summed E-state index contributed by atoms with van der Waals surface area (Å²) in [7, 11) is 0. The van der Waals surface area contributed by atoms with Crippen molar-refractivity contribution in [1.29, 1.82) is 0 Å². The highest BCUT2D eigenvalue weighted by Crippen LogP contribution is 2.09. The molecule has 1 aromatic heterocycles. The molecular weight excluding hydrogens is 171 g/mol. The molecule has 0 spiro atoms. The fourth-order valence-electron chi connectivity index (χ4n) is 0.857. The van der Waals surface area contributed by atoms with E-state index in [2.05, 4.69) is 4.98 Å². The summed E-state index contributed by atoms with van der Waals surface area (Å²) < 4.78 is 17.5. The van der Waals surface area contributed by atoms with Gasteiger partial charge in [0, 0.05) is 18.8 Å². The van der Waals surface area contributed by atoms with Crippen molar-refractivity contribution >= 4 is 0 Å². The monoisotopic (exact) mass is 184 g/mol. The van der Waals surface area contributed by atoms with Crippen molar-refractivity contribution in [1.82, 2.24) is 4.98 Å². The molecular formula is C9H13FN2O. The van der Waals surface area contributed by atoms with Crippen LogP contribution in [0.2, 0.25) is 0 Å². The van der Waals surface area contributed by atoms with Gasteiger partial charge in [-0.15, -0.1) is 0 Å². The second-order valence-electron chi connectivity index (χ2n) is 2.80. The summed E-state index contributed by atoms with van der Waals surface area (Å²) in [6, 6.07) is 3.51. The highest BCUT2D eigenvalue weighted by molar-refractivity contribution is 5.20. The number of nitrogens with two attached hydrogens (primary N) is 1. The smallest absolute Gasteiger partial charge is 0.213 e. The Hall–Kier alpha value is -1.16. The molecule has 1 heterocycles. The zero-order chi connectivity index (χ0) is 9.68. The summed E-state index contributed by atoms with van der Waals surface area (Å²) in [5, 5.41) is 0. The van der Waals surface area contributed by atoms with Crippen LogP contribution in [0, 0.1) is 0 Å². The second-order valence-corrected chi connectivity index (χ2v) is 2.80. The molecule has 0 saturated carbocycles. The van der Waals surface area contributed by atoms with Crippen LogP contribution >= 0.6 is 0 Å². The number of aromatic nitrogens is 1. The van der Waals surface area contributed by atoms with Gasteiger partial charge in [0.1, 0.15) is 12.8 Å². The van der Waals surface area contributed by atoms with E-state index in [9.17, 15) is 4.39 Å². The topological polar surface area (TPSA) is 48.1 Å². The normalized spacial score (nSPS) is 12.5. The summed E-state index contributed by atoms with van der Waals surface area (Å²) in [5.74, 6) is 0.424. The zero-order valence-electron chi connectivity index (χ0n) is 7.53. The number of alkyl halides is 1. The maximum atomic E-state index is 12.4. The van der Waals surface area contributed by atoms with Crippen molar-refractivity contribution in [2.24, 2.45) is 5.73 Å². The van der Waals surface area contributed by atoms with Gasteiger partial charge in [0.05, 0.1) is 0 Å². The first-order valence-electron chi connectivity index (χ1n) is 4.14. The molecule has 2 N–H and O–H groups in total. The summed E-state index contributed by atoms with van der Waals surface area (Å²) in [4.78, 5) is 3.91. The summed E-state index contributed by atoms with van der Waals surface area (Å²) in [6.07, 6.45) is 0.615. The van der Waals surface area contributed by atoms with Gasteiger partial charge in [0.25, 0.3) is 0 Å². The largest absolute Gasteiger partial charge is 0.475 e. The van der Waals surface area contributed by atoms with E-state index in [0.717, 1.165) is 5.56 Å². The Morgan fingerprint density at radius 2 is 2.46 bits per heavy atom. The minimum atomic E-state index is -0.983. The number of ether oxygens (including phenoxy) is 1. The lowest BCUT2D eigenvalue weighted by molar-refractivity contribution is 0.204. The molecule has 0 unspecified atom stereocenters. The average Bonchev–Trinajstić information content (AvgIpc) is 2.15. The van der Waals surface area contributed by atoms with Gasteiger partial charge in [-0.3, -0.25) is 0 Å². The first-order chi connectivity index (χ1) is 6.22. The van der Waals surface area contributed by atoms with Gasteiger partial charge in [-0.1, -0.05) is 0 Å². The van der Waals surface area contributed by atoms with E-state index in [1.54, 1.807) is 18.3 Å².